The Hall–Kier alpha value is -3.13. The fraction of sp³-hybridized carbons (Fsp3) is 0.240. The van der Waals surface area contributed by atoms with Gasteiger partial charge in [-0.15, -0.1) is 24.8 Å². The van der Waals surface area contributed by atoms with Crippen LogP contribution in [0.2, 0.25) is 0 Å². The van der Waals surface area contributed by atoms with Gasteiger partial charge in [0.25, 0.3) is 5.56 Å². The largest absolute Gasteiger partial charge is 0.464 e. The Morgan fingerprint density at radius 1 is 1.09 bits per heavy atom. The van der Waals surface area contributed by atoms with Gasteiger partial charge in [0.15, 0.2) is 5.69 Å². The van der Waals surface area contributed by atoms with Gasteiger partial charge in [-0.2, -0.15) is 0 Å². The van der Waals surface area contributed by atoms with Gasteiger partial charge in [0.2, 0.25) is 0 Å². The van der Waals surface area contributed by atoms with Crippen LogP contribution < -0.4 is 11.3 Å². The third kappa shape index (κ3) is 5.01. The number of nitrogens with zero attached hydrogens (tertiary/aromatic N) is 2. The summed E-state index contributed by atoms with van der Waals surface area (Å²) in [6, 6.07) is 15.5. The third-order valence-electron chi connectivity index (χ3n) is 5.43. The van der Waals surface area contributed by atoms with Crippen LogP contribution in [-0.2, 0) is 17.8 Å². The van der Waals surface area contributed by atoms with E-state index in [0.717, 1.165) is 27.8 Å². The number of methoxy groups -OCH3 is 1. The monoisotopic (exact) mass is 502 g/mol. The quantitative estimate of drug-likeness (QED) is 0.368. The summed E-state index contributed by atoms with van der Waals surface area (Å²) in [7, 11) is 1.31. The molecule has 0 spiro atoms. The van der Waals surface area contributed by atoms with Crippen LogP contribution in [0.15, 0.2) is 59.5 Å². The average Bonchev–Trinajstić information content (AvgIpc) is 3.30. The fourth-order valence-electron chi connectivity index (χ4n) is 4.02. The lowest BCUT2D eigenvalue weighted by Crippen LogP contribution is -2.28. The first-order valence-corrected chi connectivity index (χ1v) is 10.5. The average molecular weight is 503 g/mol. The highest BCUT2D eigenvalue weighted by Gasteiger charge is 2.19. The Balaban J connectivity index is 0.00000204. The van der Waals surface area contributed by atoms with E-state index in [1.807, 2.05) is 48.5 Å². The molecule has 2 aromatic heterocycles. The lowest BCUT2D eigenvalue weighted by atomic mass is 9.95. The first-order valence-electron chi connectivity index (χ1n) is 10.5. The number of ether oxygens (including phenoxy) is 1. The zero-order valence-corrected chi connectivity index (χ0v) is 20.8. The summed E-state index contributed by atoms with van der Waals surface area (Å²) < 4.78 is 6.55. The second-order valence-corrected chi connectivity index (χ2v) is 8.09. The number of benzene rings is 2. The van der Waals surface area contributed by atoms with Gasteiger partial charge in [-0.05, 0) is 29.0 Å². The maximum atomic E-state index is 13.4. The number of esters is 1. The molecule has 0 amide bonds. The van der Waals surface area contributed by atoms with E-state index in [1.54, 1.807) is 4.57 Å². The van der Waals surface area contributed by atoms with Gasteiger partial charge in [0, 0.05) is 41.5 Å². The minimum absolute atomic E-state index is 0. The number of aromatic nitrogens is 3. The Bertz CT molecular complexity index is 1350. The van der Waals surface area contributed by atoms with E-state index in [1.165, 1.54) is 13.3 Å². The molecule has 2 aromatic carbocycles. The Morgan fingerprint density at radius 3 is 2.41 bits per heavy atom. The normalized spacial score (nSPS) is 10.6. The summed E-state index contributed by atoms with van der Waals surface area (Å²) in [5, 5.41) is 1.42. The summed E-state index contributed by atoms with van der Waals surface area (Å²) in [6.07, 6.45) is 1.51. The second kappa shape index (κ2) is 11.3. The van der Waals surface area contributed by atoms with Gasteiger partial charge < -0.3 is 20.0 Å². The van der Waals surface area contributed by atoms with Crippen molar-refractivity contribution in [1.82, 2.24) is 14.5 Å². The fourth-order valence-corrected chi connectivity index (χ4v) is 4.02. The number of halogens is 2. The molecule has 7 nitrogen and oxygen atoms in total. The number of rotatable bonds is 6. The Kier molecular flexibility index (Phi) is 9.04. The van der Waals surface area contributed by atoms with Gasteiger partial charge in [-0.1, -0.05) is 50.2 Å². The minimum atomic E-state index is -0.514. The molecule has 0 saturated carbocycles. The van der Waals surface area contributed by atoms with E-state index in [-0.39, 0.29) is 42.6 Å². The molecule has 9 heteroatoms. The minimum Gasteiger partial charge on any atom is -0.464 e. The number of nitrogens with one attached hydrogen (secondary N) is 1. The van der Waals surface area contributed by atoms with Crippen molar-refractivity contribution in [2.75, 3.05) is 7.11 Å². The molecule has 4 rings (SSSR count). The molecule has 0 radical (unpaired) electrons. The van der Waals surface area contributed by atoms with E-state index < -0.39 is 5.97 Å². The van der Waals surface area contributed by atoms with Crippen molar-refractivity contribution >= 4 is 41.6 Å². The number of H-pyrrole nitrogens is 1. The van der Waals surface area contributed by atoms with Crippen molar-refractivity contribution in [3.8, 4) is 22.5 Å². The predicted molar refractivity (Wildman–Crippen MR) is 140 cm³/mol. The Labute approximate surface area is 210 Å². The van der Waals surface area contributed by atoms with E-state index in [0.29, 0.717) is 23.7 Å². The van der Waals surface area contributed by atoms with Crippen molar-refractivity contribution < 1.29 is 9.53 Å². The van der Waals surface area contributed by atoms with E-state index in [2.05, 4.69) is 23.8 Å². The Morgan fingerprint density at radius 2 is 1.79 bits per heavy atom. The summed E-state index contributed by atoms with van der Waals surface area (Å²) in [5.41, 5.74) is 9.81. The molecule has 4 aromatic rings. The topological polar surface area (TPSA) is 103 Å². The second-order valence-electron chi connectivity index (χ2n) is 8.09. The molecular weight excluding hydrogens is 475 g/mol. The number of carbonyl (C=O) groups excluding carboxylic acids is 1. The lowest BCUT2D eigenvalue weighted by Gasteiger charge is -2.21. The number of aromatic amines is 1. The standard InChI is InChI=1S/C25H26N4O3.2ClH/c1-15(2)14-29-21(12-26)22(16-7-5-4-6-8-16)19-11-17(9-10-18(19)24(29)30)23-27-13-20(28-23)25(31)32-3;;/h4-11,13,15H,12,14,26H2,1-3H3,(H,27,28);2*1H. The van der Waals surface area contributed by atoms with Gasteiger partial charge in [-0.3, -0.25) is 4.79 Å². The van der Waals surface area contributed by atoms with Crippen LogP contribution in [-0.4, -0.2) is 27.6 Å². The molecule has 0 aliphatic rings. The third-order valence-corrected chi connectivity index (χ3v) is 5.43. The molecule has 0 fully saturated rings. The highest BCUT2D eigenvalue weighted by molar-refractivity contribution is 5.99. The van der Waals surface area contributed by atoms with Crippen molar-refractivity contribution in [2.24, 2.45) is 11.7 Å². The smallest absolute Gasteiger partial charge is 0.358 e. The number of nitrogens with two attached hydrogens (primary N) is 1. The van der Waals surface area contributed by atoms with Crippen LogP contribution in [0.3, 0.4) is 0 Å². The molecule has 3 N–H and O–H groups in total. The van der Waals surface area contributed by atoms with Crippen LogP contribution in [0.1, 0.15) is 30.0 Å². The zero-order chi connectivity index (χ0) is 22.8. The number of pyridine rings is 1. The van der Waals surface area contributed by atoms with Crippen molar-refractivity contribution in [1.29, 1.82) is 0 Å². The van der Waals surface area contributed by atoms with Crippen molar-refractivity contribution in [3.63, 3.8) is 0 Å². The van der Waals surface area contributed by atoms with Crippen LogP contribution in [0.4, 0.5) is 0 Å². The molecule has 34 heavy (non-hydrogen) atoms. The number of carbonyl (C=O) groups is 1. The molecular formula is C25H28Cl2N4O3. The highest BCUT2D eigenvalue weighted by Crippen LogP contribution is 2.33. The number of imidazole rings is 1. The molecule has 0 bridgehead atoms. The van der Waals surface area contributed by atoms with Crippen molar-refractivity contribution in [2.45, 2.75) is 26.9 Å². The van der Waals surface area contributed by atoms with Crippen LogP contribution in [0.5, 0.6) is 0 Å². The lowest BCUT2D eigenvalue weighted by molar-refractivity contribution is 0.0595. The molecule has 180 valence electrons. The molecule has 0 aliphatic carbocycles. The summed E-state index contributed by atoms with van der Waals surface area (Å²) in [6.45, 7) is 4.99. The molecule has 0 atom stereocenters. The molecule has 0 unspecified atom stereocenters. The van der Waals surface area contributed by atoms with Gasteiger partial charge in [-0.25, -0.2) is 9.78 Å². The van der Waals surface area contributed by atoms with Gasteiger partial charge in [0.05, 0.1) is 7.11 Å². The van der Waals surface area contributed by atoms with Gasteiger partial charge >= 0.3 is 5.97 Å². The van der Waals surface area contributed by atoms with Crippen molar-refractivity contribution in [3.05, 3.63) is 76.5 Å². The first-order chi connectivity index (χ1) is 15.4. The number of fused-ring (bicyclic) bond motifs is 1. The maximum absolute atomic E-state index is 13.4. The van der Waals surface area contributed by atoms with E-state index in [9.17, 15) is 9.59 Å². The SMILES string of the molecule is COC(=O)c1c[nH]c(-c2ccc3c(=O)n(CC(C)C)c(CN)c(-c4ccccc4)c3c2)n1.Cl.Cl. The summed E-state index contributed by atoms with van der Waals surface area (Å²) in [5.74, 6) is 0.297. The number of hydrogen-bond acceptors (Lipinski definition) is 5. The molecule has 2 heterocycles. The van der Waals surface area contributed by atoms with E-state index >= 15 is 0 Å². The van der Waals surface area contributed by atoms with Gasteiger partial charge in [0.1, 0.15) is 5.82 Å². The summed E-state index contributed by atoms with van der Waals surface area (Å²) >= 11 is 0. The highest BCUT2D eigenvalue weighted by atomic mass is 35.5. The maximum Gasteiger partial charge on any atom is 0.358 e. The van der Waals surface area contributed by atoms with Crippen LogP contribution in [0.25, 0.3) is 33.3 Å². The first kappa shape index (κ1) is 27.1. The van der Waals surface area contributed by atoms with E-state index in [4.69, 9.17) is 10.5 Å². The van der Waals surface area contributed by atoms with Crippen LogP contribution >= 0.6 is 24.8 Å². The van der Waals surface area contributed by atoms with Crippen LogP contribution in [0, 0.1) is 5.92 Å². The summed E-state index contributed by atoms with van der Waals surface area (Å²) in [4.78, 5) is 32.6. The zero-order valence-electron chi connectivity index (χ0n) is 19.2. The molecule has 0 aliphatic heterocycles. The molecule has 0 saturated heterocycles. The predicted octanol–water partition coefficient (Wildman–Crippen LogP) is 4.80. The number of hydrogen-bond donors (Lipinski definition) is 2.